The number of fused-ring (bicyclic) bond motifs is 1. The van der Waals surface area contributed by atoms with Gasteiger partial charge in [-0.2, -0.15) is 0 Å². The zero-order valence-electron chi connectivity index (χ0n) is 6.55. The van der Waals surface area contributed by atoms with E-state index < -0.39 is 0 Å². The van der Waals surface area contributed by atoms with Gasteiger partial charge >= 0.3 is 0 Å². The van der Waals surface area contributed by atoms with Crippen LogP contribution in [0.2, 0.25) is 0 Å². The Labute approximate surface area is 69.5 Å². The standard InChI is InChI=1S/C7H9N3O2/c1-8-6-4-2-3-5-7(6)9(11)10(8)12/h2-5,11-12H,1H3. The quantitative estimate of drug-likeness (QED) is 0.600. The van der Waals surface area contributed by atoms with Crippen LogP contribution in [0.4, 0.5) is 11.4 Å². The molecular weight excluding hydrogens is 158 g/mol. The summed E-state index contributed by atoms with van der Waals surface area (Å²) in [4.78, 5) is 0. The predicted octanol–water partition coefficient (Wildman–Crippen LogP) is 0.853. The van der Waals surface area contributed by atoms with E-state index in [1.807, 2.05) is 6.07 Å². The maximum Gasteiger partial charge on any atom is 0.111 e. The minimum absolute atomic E-state index is 0.558. The van der Waals surface area contributed by atoms with Gasteiger partial charge in [0.05, 0.1) is 5.69 Å². The predicted molar refractivity (Wildman–Crippen MR) is 42.7 cm³/mol. The van der Waals surface area contributed by atoms with Gasteiger partial charge in [-0.1, -0.05) is 12.1 Å². The van der Waals surface area contributed by atoms with E-state index in [0.717, 1.165) is 5.69 Å². The van der Waals surface area contributed by atoms with E-state index >= 15 is 0 Å². The van der Waals surface area contributed by atoms with Gasteiger partial charge in [0.15, 0.2) is 0 Å². The van der Waals surface area contributed by atoms with E-state index in [1.165, 1.54) is 5.01 Å². The van der Waals surface area contributed by atoms with Crippen molar-refractivity contribution in [3.63, 3.8) is 0 Å². The van der Waals surface area contributed by atoms with E-state index in [0.29, 0.717) is 16.1 Å². The molecule has 0 unspecified atom stereocenters. The molecule has 1 aliphatic rings. The van der Waals surface area contributed by atoms with Crippen LogP contribution < -0.4 is 10.2 Å². The first-order chi connectivity index (χ1) is 5.72. The van der Waals surface area contributed by atoms with Gasteiger partial charge in [-0.05, 0) is 12.1 Å². The molecule has 0 aromatic heterocycles. The van der Waals surface area contributed by atoms with E-state index in [1.54, 1.807) is 25.2 Å². The monoisotopic (exact) mass is 167 g/mol. The molecule has 0 fully saturated rings. The van der Waals surface area contributed by atoms with Crippen LogP contribution in [0.5, 0.6) is 0 Å². The molecule has 0 radical (unpaired) electrons. The zero-order chi connectivity index (χ0) is 8.72. The first-order valence-electron chi connectivity index (χ1n) is 3.52. The van der Waals surface area contributed by atoms with Crippen molar-refractivity contribution in [3.05, 3.63) is 24.3 Å². The average molecular weight is 167 g/mol. The number of benzene rings is 1. The van der Waals surface area contributed by atoms with Crippen molar-refractivity contribution in [2.75, 3.05) is 17.2 Å². The second kappa shape index (κ2) is 2.34. The second-order valence-corrected chi connectivity index (χ2v) is 2.57. The van der Waals surface area contributed by atoms with Crippen molar-refractivity contribution in [1.29, 1.82) is 0 Å². The minimum Gasteiger partial charge on any atom is -0.275 e. The van der Waals surface area contributed by atoms with E-state index in [4.69, 9.17) is 0 Å². The van der Waals surface area contributed by atoms with Gasteiger partial charge in [0, 0.05) is 12.3 Å². The Morgan fingerprint density at radius 1 is 1.08 bits per heavy atom. The minimum atomic E-state index is 0.558. The van der Waals surface area contributed by atoms with Crippen molar-refractivity contribution in [2.45, 2.75) is 0 Å². The van der Waals surface area contributed by atoms with E-state index in [9.17, 15) is 10.4 Å². The lowest BCUT2D eigenvalue weighted by Crippen LogP contribution is -2.42. The molecule has 0 bridgehead atoms. The van der Waals surface area contributed by atoms with Crippen LogP contribution in [-0.4, -0.2) is 22.7 Å². The van der Waals surface area contributed by atoms with Gasteiger partial charge in [0.25, 0.3) is 0 Å². The number of hydrogen-bond acceptors (Lipinski definition) is 5. The van der Waals surface area contributed by atoms with Gasteiger partial charge in [-0.25, -0.2) is 0 Å². The summed E-state index contributed by atoms with van der Waals surface area (Å²) in [5.74, 6) is 0. The zero-order valence-corrected chi connectivity index (χ0v) is 6.55. The molecule has 0 aliphatic carbocycles. The van der Waals surface area contributed by atoms with Gasteiger partial charge < -0.3 is 0 Å². The van der Waals surface area contributed by atoms with Crippen LogP contribution in [-0.2, 0) is 0 Å². The molecule has 2 rings (SSSR count). The molecule has 1 aromatic rings. The maximum absolute atomic E-state index is 9.29. The van der Waals surface area contributed by atoms with Crippen LogP contribution >= 0.6 is 0 Å². The first kappa shape index (κ1) is 7.35. The largest absolute Gasteiger partial charge is 0.275 e. The Morgan fingerprint density at radius 2 is 1.67 bits per heavy atom. The molecule has 0 amide bonds. The number of para-hydroxylation sites is 2. The molecule has 12 heavy (non-hydrogen) atoms. The molecular formula is C7H9N3O2. The molecule has 0 saturated heterocycles. The van der Waals surface area contributed by atoms with Crippen LogP contribution in [0, 0.1) is 0 Å². The maximum atomic E-state index is 9.29. The summed E-state index contributed by atoms with van der Waals surface area (Å²) >= 11 is 0. The van der Waals surface area contributed by atoms with Crippen LogP contribution in [0.15, 0.2) is 24.3 Å². The summed E-state index contributed by atoms with van der Waals surface area (Å²) in [5, 5.41) is 21.2. The molecule has 2 N–H and O–H groups in total. The third-order valence-corrected chi connectivity index (χ3v) is 1.88. The highest BCUT2D eigenvalue weighted by molar-refractivity contribution is 5.72. The Bertz CT molecular complexity index is 275. The van der Waals surface area contributed by atoms with Crippen molar-refractivity contribution >= 4 is 11.4 Å². The summed E-state index contributed by atoms with van der Waals surface area (Å²) < 4.78 is 0. The highest BCUT2D eigenvalue weighted by Crippen LogP contribution is 2.34. The fourth-order valence-electron chi connectivity index (χ4n) is 1.23. The van der Waals surface area contributed by atoms with E-state index in [-0.39, 0.29) is 0 Å². The fourth-order valence-corrected chi connectivity index (χ4v) is 1.23. The Morgan fingerprint density at radius 3 is 2.25 bits per heavy atom. The third-order valence-electron chi connectivity index (χ3n) is 1.88. The van der Waals surface area contributed by atoms with Gasteiger partial charge in [0.1, 0.15) is 5.69 Å². The lowest BCUT2D eigenvalue weighted by molar-refractivity contribution is -0.159. The number of anilines is 2. The fraction of sp³-hybridized carbons (Fsp3) is 0.143. The molecule has 1 heterocycles. The smallest absolute Gasteiger partial charge is 0.111 e. The molecule has 64 valence electrons. The van der Waals surface area contributed by atoms with Crippen molar-refractivity contribution < 1.29 is 10.4 Å². The summed E-state index contributed by atoms with van der Waals surface area (Å²) in [6.07, 6.45) is 0. The molecule has 0 atom stereocenters. The Hall–Kier alpha value is -1.30. The number of hydrazine groups is 2. The normalized spacial score (nSPS) is 16.9. The van der Waals surface area contributed by atoms with Gasteiger partial charge in [-0.15, -0.1) is 5.17 Å². The Kier molecular flexibility index (Phi) is 1.44. The lowest BCUT2D eigenvalue weighted by Gasteiger charge is -2.21. The SMILES string of the molecule is CN1c2ccccc2N(O)N1O. The number of nitrogens with zero attached hydrogens (tertiary/aromatic N) is 3. The van der Waals surface area contributed by atoms with Crippen LogP contribution in [0.25, 0.3) is 0 Å². The molecule has 0 spiro atoms. The average Bonchev–Trinajstić information content (AvgIpc) is 2.33. The highest BCUT2D eigenvalue weighted by Gasteiger charge is 2.29. The van der Waals surface area contributed by atoms with Gasteiger partial charge in [0.2, 0.25) is 0 Å². The van der Waals surface area contributed by atoms with Crippen molar-refractivity contribution in [2.24, 2.45) is 0 Å². The van der Waals surface area contributed by atoms with E-state index in [2.05, 4.69) is 0 Å². The summed E-state index contributed by atoms with van der Waals surface area (Å²) in [6, 6.07) is 7.13. The topological polar surface area (TPSA) is 50.2 Å². The summed E-state index contributed by atoms with van der Waals surface area (Å²) in [7, 11) is 1.65. The Balaban J connectivity index is 2.52. The molecule has 5 nitrogen and oxygen atoms in total. The van der Waals surface area contributed by atoms with Crippen molar-refractivity contribution in [3.8, 4) is 0 Å². The van der Waals surface area contributed by atoms with Crippen LogP contribution in [0.1, 0.15) is 0 Å². The number of hydrogen-bond donors (Lipinski definition) is 2. The lowest BCUT2D eigenvalue weighted by atomic mass is 10.3. The van der Waals surface area contributed by atoms with Crippen molar-refractivity contribution in [1.82, 2.24) is 5.28 Å². The molecule has 1 aliphatic heterocycles. The molecule has 5 heteroatoms. The summed E-state index contributed by atoms with van der Waals surface area (Å²) in [5.41, 5.74) is 1.31. The highest BCUT2D eigenvalue weighted by atomic mass is 16.7. The molecule has 1 aromatic carbocycles. The van der Waals surface area contributed by atoms with Crippen LogP contribution in [0.3, 0.4) is 0 Å². The number of rotatable bonds is 0. The second-order valence-electron chi connectivity index (χ2n) is 2.57. The first-order valence-corrected chi connectivity index (χ1v) is 3.52. The molecule has 0 saturated carbocycles. The summed E-state index contributed by atoms with van der Waals surface area (Å²) in [6.45, 7) is 0. The van der Waals surface area contributed by atoms with Gasteiger partial charge in [-0.3, -0.25) is 15.4 Å². The third kappa shape index (κ3) is 0.781.